The van der Waals surface area contributed by atoms with Gasteiger partial charge in [0.25, 0.3) is 0 Å². The van der Waals surface area contributed by atoms with E-state index in [-0.39, 0.29) is 12.6 Å². The molecule has 14 heavy (non-hydrogen) atoms. The van der Waals surface area contributed by atoms with E-state index in [9.17, 15) is 0 Å². The zero-order valence-corrected chi connectivity index (χ0v) is 8.37. The third-order valence-electron chi connectivity index (χ3n) is 2.97. The fourth-order valence-electron chi connectivity index (χ4n) is 2.19. The number of hydrogen-bond acceptors (Lipinski definition) is 2. The fourth-order valence-corrected chi connectivity index (χ4v) is 2.19. The van der Waals surface area contributed by atoms with E-state index in [2.05, 4.69) is 18.2 Å². The van der Waals surface area contributed by atoms with Crippen LogP contribution in [0.3, 0.4) is 0 Å². The molecule has 0 fully saturated rings. The number of aliphatic hydroxyl groups excluding tert-OH is 1. The van der Waals surface area contributed by atoms with E-state index < -0.39 is 0 Å². The van der Waals surface area contributed by atoms with Gasteiger partial charge in [0.15, 0.2) is 0 Å². The van der Waals surface area contributed by atoms with E-state index in [4.69, 9.17) is 10.8 Å². The predicted octanol–water partition coefficient (Wildman–Crippen LogP) is 1.56. The molecule has 3 N–H and O–H groups in total. The number of fused-ring (bicyclic) bond motifs is 1. The van der Waals surface area contributed by atoms with Gasteiger partial charge in [0.05, 0.1) is 0 Å². The largest absolute Gasteiger partial charge is 0.396 e. The van der Waals surface area contributed by atoms with Gasteiger partial charge in [-0.05, 0) is 42.4 Å². The Labute approximate surface area is 84.7 Å². The average Bonchev–Trinajstić information content (AvgIpc) is 2.18. The van der Waals surface area contributed by atoms with Crippen molar-refractivity contribution in [3.8, 4) is 0 Å². The second-order valence-electron chi connectivity index (χ2n) is 4.01. The monoisotopic (exact) mass is 191 g/mol. The molecule has 1 aromatic rings. The first-order chi connectivity index (χ1) is 6.81. The van der Waals surface area contributed by atoms with Crippen molar-refractivity contribution in [2.24, 2.45) is 5.73 Å². The van der Waals surface area contributed by atoms with E-state index in [1.165, 1.54) is 23.1 Å². The molecule has 1 atom stereocenters. The van der Waals surface area contributed by atoms with Crippen LogP contribution in [0.1, 0.15) is 35.6 Å². The lowest BCUT2D eigenvalue weighted by molar-refractivity contribution is 0.299. The minimum Gasteiger partial charge on any atom is -0.396 e. The van der Waals surface area contributed by atoms with Gasteiger partial charge >= 0.3 is 0 Å². The minimum absolute atomic E-state index is 0.224. The molecule has 1 aromatic carbocycles. The summed E-state index contributed by atoms with van der Waals surface area (Å²) < 4.78 is 0. The Morgan fingerprint density at radius 2 is 2.29 bits per heavy atom. The maximum Gasteiger partial charge on any atom is 0.0471 e. The van der Waals surface area contributed by atoms with Crippen LogP contribution in [0.2, 0.25) is 0 Å². The highest BCUT2D eigenvalue weighted by Crippen LogP contribution is 2.28. The van der Waals surface area contributed by atoms with Gasteiger partial charge in [-0.2, -0.15) is 0 Å². The molecule has 0 bridgehead atoms. The lowest BCUT2D eigenvalue weighted by atomic mass is 9.87. The molecule has 0 aromatic heterocycles. The van der Waals surface area contributed by atoms with E-state index in [0.717, 1.165) is 19.3 Å². The van der Waals surface area contributed by atoms with Crippen molar-refractivity contribution in [2.45, 2.75) is 31.7 Å². The number of benzene rings is 1. The summed E-state index contributed by atoms with van der Waals surface area (Å²) >= 11 is 0. The molecule has 0 radical (unpaired) electrons. The molecule has 1 aliphatic carbocycles. The molecule has 0 spiro atoms. The Kier molecular flexibility index (Phi) is 2.85. The Balaban J connectivity index is 2.29. The van der Waals surface area contributed by atoms with Gasteiger partial charge in [-0.15, -0.1) is 0 Å². The van der Waals surface area contributed by atoms with E-state index in [0.29, 0.717) is 0 Å². The molecule has 2 nitrogen and oxygen atoms in total. The maximum absolute atomic E-state index is 8.85. The van der Waals surface area contributed by atoms with E-state index in [1.807, 2.05) is 0 Å². The first kappa shape index (κ1) is 9.69. The Morgan fingerprint density at radius 1 is 1.43 bits per heavy atom. The molecule has 0 heterocycles. The summed E-state index contributed by atoms with van der Waals surface area (Å²) in [5.41, 5.74) is 9.93. The van der Waals surface area contributed by atoms with Gasteiger partial charge in [0.1, 0.15) is 0 Å². The summed E-state index contributed by atoms with van der Waals surface area (Å²) in [4.78, 5) is 0. The summed E-state index contributed by atoms with van der Waals surface area (Å²) in [6.45, 7) is 0.227. The highest BCUT2D eigenvalue weighted by Gasteiger charge is 2.16. The molecule has 0 saturated heterocycles. The second kappa shape index (κ2) is 4.11. The second-order valence-corrected chi connectivity index (χ2v) is 4.01. The van der Waals surface area contributed by atoms with Crippen molar-refractivity contribution in [2.75, 3.05) is 6.61 Å². The topological polar surface area (TPSA) is 46.2 Å². The molecule has 1 aliphatic rings. The predicted molar refractivity (Wildman–Crippen MR) is 57.1 cm³/mol. The van der Waals surface area contributed by atoms with Crippen LogP contribution in [-0.4, -0.2) is 11.7 Å². The van der Waals surface area contributed by atoms with Crippen LogP contribution in [0.25, 0.3) is 0 Å². The lowest BCUT2D eigenvalue weighted by Crippen LogP contribution is -2.17. The average molecular weight is 191 g/mol. The zero-order chi connectivity index (χ0) is 9.97. The van der Waals surface area contributed by atoms with Gasteiger partial charge in [-0.25, -0.2) is 0 Å². The summed E-state index contributed by atoms with van der Waals surface area (Å²) in [6.07, 6.45) is 4.19. The molecule has 2 rings (SSSR count). The van der Waals surface area contributed by atoms with Crippen molar-refractivity contribution in [1.82, 2.24) is 0 Å². The Bertz CT molecular complexity index is 322. The molecular weight excluding hydrogens is 174 g/mol. The van der Waals surface area contributed by atoms with Crippen molar-refractivity contribution in [1.29, 1.82) is 0 Å². The minimum atomic E-state index is 0.224. The fraction of sp³-hybridized carbons (Fsp3) is 0.500. The van der Waals surface area contributed by atoms with Crippen molar-refractivity contribution in [3.63, 3.8) is 0 Å². The van der Waals surface area contributed by atoms with Crippen LogP contribution in [0.15, 0.2) is 18.2 Å². The van der Waals surface area contributed by atoms with Crippen LogP contribution in [0.4, 0.5) is 0 Å². The van der Waals surface area contributed by atoms with Crippen LogP contribution in [0.5, 0.6) is 0 Å². The lowest BCUT2D eigenvalue weighted by Gasteiger charge is -2.22. The van der Waals surface area contributed by atoms with Crippen molar-refractivity contribution >= 4 is 0 Å². The molecule has 0 unspecified atom stereocenters. The highest BCUT2D eigenvalue weighted by atomic mass is 16.2. The van der Waals surface area contributed by atoms with Gasteiger partial charge < -0.3 is 10.8 Å². The van der Waals surface area contributed by atoms with E-state index in [1.54, 1.807) is 0 Å². The number of hydrogen-bond donors (Lipinski definition) is 2. The first-order valence-corrected chi connectivity index (χ1v) is 5.29. The quantitative estimate of drug-likeness (QED) is 0.745. The summed E-state index contributed by atoms with van der Waals surface area (Å²) in [6, 6.07) is 6.64. The third kappa shape index (κ3) is 1.81. The SMILES string of the molecule is N[C@H]1CCCc2cc(CCO)ccc21. The third-order valence-corrected chi connectivity index (χ3v) is 2.97. The molecular formula is C12H17NO. The van der Waals surface area contributed by atoms with Gasteiger partial charge in [-0.3, -0.25) is 0 Å². The molecule has 0 aliphatic heterocycles. The number of aliphatic hydroxyl groups is 1. The van der Waals surface area contributed by atoms with Crippen molar-refractivity contribution < 1.29 is 5.11 Å². The molecule has 0 saturated carbocycles. The van der Waals surface area contributed by atoms with Gasteiger partial charge in [0.2, 0.25) is 0 Å². The summed E-state index contributed by atoms with van der Waals surface area (Å²) in [7, 11) is 0. The maximum atomic E-state index is 8.85. The normalized spacial score (nSPS) is 20.6. The van der Waals surface area contributed by atoms with Gasteiger partial charge in [0, 0.05) is 12.6 Å². The van der Waals surface area contributed by atoms with Crippen LogP contribution in [0, 0.1) is 0 Å². The number of rotatable bonds is 2. The standard InChI is InChI=1S/C12H17NO/c13-12-3-1-2-10-8-9(6-7-14)4-5-11(10)12/h4-5,8,12,14H,1-3,6-7,13H2/t12-/m0/s1. The summed E-state index contributed by atoms with van der Waals surface area (Å²) in [5.74, 6) is 0. The van der Waals surface area contributed by atoms with Gasteiger partial charge in [-0.1, -0.05) is 18.2 Å². The highest BCUT2D eigenvalue weighted by molar-refractivity contribution is 5.36. The Morgan fingerprint density at radius 3 is 3.07 bits per heavy atom. The summed E-state index contributed by atoms with van der Waals surface area (Å²) in [5, 5.41) is 8.85. The molecule has 2 heteroatoms. The number of aryl methyl sites for hydroxylation is 1. The van der Waals surface area contributed by atoms with Crippen LogP contribution < -0.4 is 5.73 Å². The number of nitrogens with two attached hydrogens (primary N) is 1. The van der Waals surface area contributed by atoms with Crippen molar-refractivity contribution in [3.05, 3.63) is 34.9 Å². The molecule has 0 amide bonds. The van der Waals surface area contributed by atoms with Crippen LogP contribution >= 0.6 is 0 Å². The smallest absolute Gasteiger partial charge is 0.0471 e. The van der Waals surface area contributed by atoms with E-state index >= 15 is 0 Å². The molecule has 76 valence electrons. The first-order valence-electron chi connectivity index (χ1n) is 5.29. The van der Waals surface area contributed by atoms with Crippen LogP contribution in [-0.2, 0) is 12.8 Å². The zero-order valence-electron chi connectivity index (χ0n) is 8.37. The Hall–Kier alpha value is -0.860.